The predicted octanol–water partition coefficient (Wildman–Crippen LogP) is 2.01. The minimum Gasteiger partial charge on any atom is -0.476 e. The van der Waals surface area contributed by atoms with Crippen molar-refractivity contribution < 1.29 is 18.7 Å². The second-order valence-corrected chi connectivity index (χ2v) is 3.67. The molecule has 0 amide bonds. The van der Waals surface area contributed by atoms with Gasteiger partial charge in [-0.2, -0.15) is 4.98 Å². The van der Waals surface area contributed by atoms with Gasteiger partial charge in [0, 0.05) is 12.5 Å². The molecule has 90 valence electrons. The molecule has 2 N–H and O–H groups in total. The van der Waals surface area contributed by atoms with Crippen LogP contribution < -0.4 is 5.32 Å². The van der Waals surface area contributed by atoms with Gasteiger partial charge < -0.3 is 19.3 Å². The maximum absolute atomic E-state index is 10.6. The maximum Gasteiger partial charge on any atom is 0.357 e. The molecule has 1 unspecified atom stereocenters. The fourth-order valence-electron chi connectivity index (χ4n) is 1.43. The number of aromatic nitrogens is 1. The van der Waals surface area contributed by atoms with E-state index in [2.05, 4.69) is 10.3 Å². The fraction of sp³-hybridized carbons (Fsp3) is 0.273. The highest BCUT2D eigenvalue weighted by molar-refractivity contribution is 5.85. The van der Waals surface area contributed by atoms with E-state index >= 15 is 0 Å². The van der Waals surface area contributed by atoms with Crippen LogP contribution in [0, 0.1) is 0 Å². The van der Waals surface area contributed by atoms with E-state index in [0.717, 1.165) is 12.0 Å². The normalized spacial score (nSPS) is 12.3. The molecule has 0 aliphatic rings. The van der Waals surface area contributed by atoms with Crippen molar-refractivity contribution in [3.63, 3.8) is 0 Å². The van der Waals surface area contributed by atoms with E-state index < -0.39 is 5.97 Å². The molecule has 6 nitrogen and oxygen atoms in total. The Morgan fingerprint density at radius 2 is 2.41 bits per heavy atom. The molecule has 0 radical (unpaired) electrons. The summed E-state index contributed by atoms with van der Waals surface area (Å²) in [6.07, 6.45) is 3.37. The first-order valence-corrected chi connectivity index (χ1v) is 5.13. The van der Waals surface area contributed by atoms with Crippen LogP contribution in [-0.4, -0.2) is 22.1 Å². The molecule has 0 aliphatic heterocycles. The van der Waals surface area contributed by atoms with E-state index in [1.54, 1.807) is 6.26 Å². The molecule has 0 saturated carbocycles. The van der Waals surface area contributed by atoms with Crippen LogP contribution in [0.5, 0.6) is 0 Å². The highest BCUT2D eigenvalue weighted by Crippen LogP contribution is 2.11. The predicted molar refractivity (Wildman–Crippen MR) is 59.0 cm³/mol. The van der Waals surface area contributed by atoms with Gasteiger partial charge in [0.2, 0.25) is 0 Å². The molecule has 0 spiro atoms. The first-order valence-electron chi connectivity index (χ1n) is 5.13. The number of carboxylic acids is 1. The number of carboxylic acid groups (broad SMARTS) is 1. The summed E-state index contributed by atoms with van der Waals surface area (Å²) < 4.78 is 10.2. The van der Waals surface area contributed by atoms with Crippen molar-refractivity contribution in [3.05, 3.63) is 36.1 Å². The smallest absolute Gasteiger partial charge is 0.357 e. The summed E-state index contributed by atoms with van der Waals surface area (Å²) in [5.41, 5.74) is -0.113. The third kappa shape index (κ3) is 2.87. The summed E-state index contributed by atoms with van der Waals surface area (Å²) in [6, 6.07) is 3.91. The van der Waals surface area contributed by atoms with E-state index in [0.29, 0.717) is 6.42 Å². The number of furan rings is 1. The lowest BCUT2D eigenvalue weighted by molar-refractivity contribution is 0.0690. The number of oxazole rings is 1. The van der Waals surface area contributed by atoms with Gasteiger partial charge in [-0.05, 0) is 19.1 Å². The molecule has 2 aromatic heterocycles. The molecule has 0 bridgehead atoms. The highest BCUT2D eigenvalue weighted by Gasteiger charge is 2.12. The summed E-state index contributed by atoms with van der Waals surface area (Å²) in [6.45, 7) is 1.92. The molecule has 0 saturated heterocycles. The van der Waals surface area contributed by atoms with Crippen LogP contribution in [-0.2, 0) is 6.42 Å². The Kier molecular flexibility index (Phi) is 3.13. The van der Waals surface area contributed by atoms with Gasteiger partial charge in [0.25, 0.3) is 6.01 Å². The van der Waals surface area contributed by atoms with E-state index in [1.165, 1.54) is 0 Å². The molecule has 17 heavy (non-hydrogen) atoms. The average molecular weight is 236 g/mol. The summed E-state index contributed by atoms with van der Waals surface area (Å²) in [5, 5.41) is 11.6. The number of hydrogen-bond acceptors (Lipinski definition) is 5. The lowest BCUT2D eigenvalue weighted by Gasteiger charge is -2.09. The van der Waals surface area contributed by atoms with E-state index in [-0.39, 0.29) is 17.8 Å². The fourth-order valence-corrected chi connectivity index (χ4v) is 1.43. The van der Waals surface area contributed by atoms with Gasteiger partial charge in [-0.25, -0.2) is 4.79 Å². The van der Waals surface area contributed by atoms with Gasteiger partial charge in [-0.1, -0.05) is 0 Å². The third-order valence-electron chi connectivity index (χ3n) is 2.18. The van der Waals surface area contributed by atoms with Crippen molar-refractivity contribution in [2.75, 3.05) is 5.32 Å². The van der Waals surface area contributed by atoms with Gasteiger partial charge in [0.1, 0.15) is 12.0 Å². The Morgan fingerprint density at radius 3 is 3.00 bits per heavy atom. The summed E-state index contributed by atoms with van der Waals surface area (Å²) >= 11 is 0. The lowest BCUT2D eigenvalue weighted by atomic mass is 10.2. The second-order valence-electron chi connectivity index (χ2n) is 3.67. The van der Waals surface area contributed by atoms with Crippen LogP contribution in [0.2, 0.25) is 0 Å². The zero-order valence-electron chi connectivity index (χ0n) is 9.21. The second kappa shape index (κ2) is 4.73. The molecule has 0 aromatic carbocycles. The highest BCUT2D eigenvalue weighted by atomic mass is 16.4. The van der Waals surface area contributed by atoms with Gasteiger partial charge >= 0.3 is 5.97 Å². The van der Waals surface area contributed by atoms with Gasteiger partial charge in [-0.3, -0.25) is 0 Å². The molecule has 1 atom stereocenters. The van der Waals surface area contributed by atoms with Crippen LogP contribution in [0.15, 0.2) is 33.5 Å². The topological polar surface area (TPSA) is 88.5 Å². The Balaban J connectivity index is 1.93. The van der Waals surface area contributed by atoms with Crippen molar-refractivity contribution in [2.24, 2.45) is 0 Å². The summed E-state index contributed by atoms with van der Waals surface area (Å²) in [4.78, 5) is 14.4. The summed E-state index contributed by atoms with van der Waals surface area (Å²) in [5.74, 6) is -0.268. The zero-order valence-corrected chi connectivity index (χ0v) is 9.21. The van der Waals surface area contributed by atoms with Crippen LogP contribution in [0.1, 0.15) is 23.2 Å². The number of carbonyl (C=O) groups is 1. The van der Waals surface area contributed by atoms with Crippen molar-refractivity contribution in [3.8, 4) is 0 Å². The van der Waals surface area contributed by atoms with Gasteiger partial charge in [0.15, 0.2) is 5.69 Å². The number of nitrogens with zero attached hydrogens (tertiary/aromatic N) is 1. The minimum atomic E-state index is -1.11. The van der Waals surface area contributed by atoms with Crippen molar-refractivity contribution in [1.29, 1.82) is 0 Å². The van der Waals surface area contributed by atoms with Crippen LogP contribution in [0.4, 0.5) is 6.01 Å². The monoisotopic (exact) mass is 236 g/mol. The first kappa shape index (κ1) is 11.3. The molecule has 2 aromatic rings. The zero-order chi connectivity index (χ0) is 12.3. The number of anilines is 1. The molecular formula is C11H12N2O4. The standard InChI is InChI=1S/C11H12N2O4/c1-7(5-8-3-2-4-16-8)12-11-13-9(6-17-11)10(14)15/h2-4,6-7H,5H2,1H3,(H,12,13)(H,14,15). The molecular weight excluding hydrogens is 224 g/mol. The van der Waals surface area contributed by atoms with Crippen LogP contribution in [0.25, 0.3) is 0 Å². The van der Waals surface area contributed by atoms with Gasteiger partial charge in [-0.15, -0.1) is 0 Å². The Morgan fingerprint density at radius 1 is 1.59 bits per heavy atom. The Hall–Kier alpha value is -2.24. The SMILES string of the molecule is CC(Cc1ccco1)Nc1nc(C(=O)O)co1. The van der Waals surface area contributed by atoms with E-state index in [1.807, 2.05) is 19.1 Å². The molecule has 0 fully saturated rings. The summed E-state index contributed by atoms with van der Waals surface area (Å²) in [7, 11) is 0. The van der Waals surface area contributed by atoms with E-state index in [4.69, 9.17) is 13.9 Å². The van der Waals surface area contributed by atoms with Crippen molar-refractivity contribution in [1.82, 2.24) is 4.98 Å². The first-order chi connectivity index (χ1) is 8.15. The largest absolute Gasteiger partial charge is 0.476 e. The molecule has 6 heteroatoms. The van der Waals surface area contributed by atoms with Gasteiger partial charge in [0.05, 0.1) is 6.26 Å². The van der Waals surface area contributed by atoms with Crippen molar-refractivity contribution >= 4 is 12.0 Å². The number of rotatable bonds is 5. The minimum absolute atomic E-state index is 0.0291. The quantitative estimate of drug-likeness (QED) is 0.825. The third-order valence-corrected chi connectivity index (χ3v) is 2.18. The number of hydrogen-bond donors (Lipinski definition) is 2. The average Bonchev–Trinajstić information content (AvgIpc) is 2.88. The number of nitrogens with one attached hydrogen (secondary N) is 1. The van der Waals surface area contributed by atoms with Crippen LogP contribution in [0.3, 0.4) is 0 Å². The van der Waals surface area contributed by atoms with Crippen molar-refractivity contribution in [2.45, 2.75) is 19.4 Å². The lowest BCUT2D eigenvalue weighted by Crippen LogP contribution is -2.18. The Bertz CT molecular complexity index is 489. The Labute approximate surface area is 97.3 Å². The molecule has 2 rings (SSSR count). The van der Waals surface area contributed by atoms with Crippen LogP contribution >= 0.6 is 0 Å². The van der Waals surface area contributed by atoms with E-state index in [9.17, 15) is 4.79 Å². The molecule has 2 heterocycles. The molecule has 0 aliphatic carbocycles. The maximum atomic E-state index is 10.6. The number of aromatic carboxylic acids is 1.